The number of piperazine rings is 1. The Morgan fingerprint density at radius 1 is 0.939 bits per heavy atom. The first-order valence-corrected chi connectivity index (χ1v) is 10.4. The van der Waals surface area contributed by atoms with Crippen molar-refractivity contribution < 1.29 is 24.0 Å². The highest BCUT2D eigenvalue weighted by Gasteiger charge is 2.26. The molecule has 0 spiro atoms. The van der Waals surface area contributed by atoms with Gasteiger partial charge in [-0.05, 0) is 30.3 Å². The van der Waals surface area contributed by atoms with Crippen molar-refractivity contribution in [2.24, 2.45) is 0 Å². The van der Waals surface area contributed by atoms with Crippen LogP contribution in [0.15, 0.2) is 48.7 Å². The van der Waals surface area contributed by atoms with Gasteiger partial charge in [-0.15, -0.1) is 0 Å². The van der Waals surface area contributed by atoms with Crippen molar-refractivity contribution in [2.45, 2.75) is 6.54 Å². The molecule has 2 aromatic carbocycles. The molecule has 0 bridgehead atoms. The fourth-order valence-electron chi connectivity index (χ4n) is 4.00. The minimum atomic E-state index is -0.440. The molecule has 10 nitrogen and oxygen atoms in total. The largest absolute Gasteiger partial charge is 0.493 e. The zero-order valence-corrected chi connectivity index (χ0v) is 18.4. The van der Waals surface area contributed by atoms with E-state index in [1.165, 1.54) is 26.4 Å². The molecule has 1 aliphatic rings. The van der Waals surface area contributed by atoms with Crippen LogP contribution < -0.4 is 9.47 Å². The van der Waals surface area contributed by atoms with Gasteiger partial charge in [-0.25, -0.2) is 0 Å². The lowest BCUT2D eigenvalue weighted by Crippen LogP contribution is -2.51. The van der Waals surface area contributed by atoms with Crippen LogP contribution in [0.25, 0.3) is 10.9 Å². The number of rotatable bonds is 6. The van der Waals surface area contributed by atoms with E-state index >= 15 is 0 Å². The van der Waals surface area contributed by atoms with E-state index in [1.807, 2.05) is 0 Å². The number of carbonyl (C=O) groups excluding carboxylic acids is 2. The molecule has 1 aromatic heterocycles. The molecule has 0 aliphatic carbocycles. The molecule has 1 aliphatic heterocycles. The van der Waals surface area contributed by atoms with Crippen molar-refractivity contribution in [3.63, 3.8) is 0 Å². The molecule has 0 radical (unpaired) electrons. The first-order chi connectivity index (χ1) is 15.9. The third-order valence-electron chi connectivity index (χ3n) is 5.82. The minimum absolute atomic E-state index is 0.0156. The summed E-state index contributed by atoms with van der Waals surface area (Å²) in [6.07, 6.45) is 1.75. The van der Waals surface area contributed by atoms with Gasteiger partial charge in [-0.3, -0.25) is 19.7 Å². The van der Waals surface area contributed by atoms with Gasteiger partial charge in [0, 0.05) is 61.0 Å². The van der Waals surface area contributed by atoms with Crippen LogP contribution in [-0.4, -0.2) is 71.5 Å². The maximum absolute atomic E-state index is 12.9. The van der Waals surface area contributed by atoms with Gasteiger partial charge in [-0.1, -0.05) is 0 Å². The van der Waals surface area contributed by atoms with Crippen molar-refractivity contribution in [2.75, 3.05) is 40.4 Å². The summed E-state index contributed by atoms with van der Waals surface area (Å²) >= 11 is 0. The number of non-ortho nitro benzene ring substituents is 1. The number of fused-ring (bicyclic) bond motifs is 1. The van der Waals surface area contributed by atoms with Crippen LogP contribution >= 0.6 is 0 Å². The van der Waals surface area contributed by atoms with Gasteiger partial charge in [0.2, 0.25) is 5.91 Å². The number of amides is 2. The van der Waals surface area contributed by atoms with Crippen LogP contribution in [0.3, 0.4) is 0 Å². The number of nitro benzene ring substituents is 1. The van der Waals surface area contributed by atoms with E-state index in [0.29, 0.717) is 48.6 Å². The first-order valence-electron chi connectivity index (χ1n) is 10.4. The molecule has 33 heavy (non-hydrogen) atoms. The Labute approximate surface area is 190 Å². The average Bonchev–Trinajstić information content (AvgIpc) is 3.25. The number of benzene rings is 2. The van der Waals surface area contributed by atoms with Gasteiger partial charge >= 0.3 is 0 Å². The van der Waals surface area contributed by atoms with Crippen molar-refractivity contribution in [1.29, 1.82) is 0 Å². The average molecular weight is 452 g/mol. The summed E-state index contributed by atoms with van der Waals surface area (Å²) in [5.74, 6) is 0.850. The molecule has 4 rings (SSSR count). The van der Waals surface area contributed by atoms with E-state index < -0.39 is 4.92 Å². The van der Waals surface area contributed by atoms with E-state index in [1.54, 1.807) is 50.9 Å². The quantitative estimate of drug-likeness (QED) is 0.420. The van der Waals surface area contributed by atoms with Gasteiger partial charge in [0.15, 0.2) is 11.5 Å². The van der Waals surface area contributed by atoms with Crippen molar-refractivity contribution in [3.05, 3.63) is 64.3 Å². The monoisotopic (exact) mass is 452 g/mol. The lowest BCUT2D eigenvalue weighted by atomic mass is 10.1. The second kappa shape index (κ2) is 9.19. The molecule has 0 atom stereocenters. The van der Waals surface area contributed by atoms with Crippen LogP contribution in [-0.2, 0) is 11.3 Å². The number of methoxy groups -OCH3 is 2. The Kier molecular flexibility index (Phi) is 6.16. The number of hydrogen-bond acceptors (Lipinski definition) is 6. The molecule has 0 unspecified atom stereocenters. The molecular weight excluding hydrogens is 428 g/mol. The molecule has 3 aromatic rings. The highest BCUT2D eigenvalue weighted by atomic mass is 16.6. The molecule has 1 saturated heterocycles. The van der Waals surface area contributed by atoms with Gasteiger partial charge in [0.05, 0.1) is 19.1 Å². The van der Waals surface area contributed by atoms with E-state index in [4.69, 9.17) is 9.47 Å². The molecule has 172 valence electrons. The summed E-state index contributed by atoms with van der Waals surface area (Å²) in [5.41, 5.74) is 1.28. The molecule has 2 amide bonds. The predicted molar refractivity (Wildman–Crippen MR) is 121 cm³/mol. The van der Waals surface area contributed by atoms with Crippen molar-refractivity contribution in [3.8, 4) is 11.5 Å². The molecule has 10 heteroatoms. The van der Waals surface area contributed by atoms with Gasteiger partial charge in [0.1, 0.15) is 6.54 Å². The van der Waals surface area contributed by atoms with Crippen LogP contribution in [0.5, 0.6) is 11.5 Å². The van der Waals surface area contributed by atoms with E-state index in [2.05, 4.69) is 0 Å². The zero-order chi connectivity index (χ0) is 23.5. The van der Waals surface area contributed by atoms with Crippen molar-refractivity contribution in [1.82, 2.24) is 14.4 Å². The zero-order valence-electron chi connectivity index (χ0n) is 18.4. The lowest BCUT2D eigenvalue weighted by Gasteiger charge is -2.35. The van der Waals surface area contributed by atoms with Gasteiger partial charge < -0.3 is 23.8 Å². The normalized spacial score (nSPS) is 13.8. The number of hydrogen-bond donors (Lipinski definition) is 0. The maximum Gasteiger partial charge on any atom is 0.270 e. The predicted octanol–water partition coefficient (Wildman–Crippen LogP) is 2.55. The van der Waals surface area contributed by atoms with Crippen molar-refractivity contribution >= 4 is 28.4 Å². The smallest absolute Gasteiger partial charge is 0.270 e. The molecule has 0 N–H and O–H groups in total. The Balaban J connectivity index is 1.38. The molecular formula is C23H24N4O6. The van der Waals surface area contributed by atoms with E-state index in [9.17, 15) is 19.7 Å². The first kappa shape index (κ1) is 22.1. The van der Waals surface area contributed by atoms with Crippen LogP contribution in [0, 0.1) is 10.1 Å². The summed E-state index contributed by atoms with van der Waals surface area (Å²) in [5, 5.41) is 11.7. The summed E-state index contributed by atoms with van der Waals surface area (Å²) in [6, 6.07) is 11.4. The summed E-state index contributed by atoms with van der Waals surface area (Å²) < 4.78 is 12.3. The fourth-order valence-corrected chi connectivity index (χ4v) is 4.00. The third kappa shape index (κ3) is 4.45. The fraction of sp³-hybridized carbons (Fsp3) is 0.304. The number of nitro groups is 1. The van der Waals surface area contributed by atoms with Gasteiger partial charge in [-0.2, -0.15) is 0 Å². The summed E-state index contributed by atoms with van der Waals surface area (Å²) in [4.78, 5) is 39.7. The highest BCUT2D eigenvalue weighted by Crippen LogP contribution is 2.28. The minimum Gasteiger partial charge on any atom is -0.493 e. The highest BCUT2D eigenvalue weighted by molar-refractivity contribution is 5.95. The molecule has 2 heterocycles. The summed E-state index contributed by atoms with van der Waals surface area (Å²) in [7, 11) is 3.06. The Morgan fingerprint density at radius 2 is 1.64 bits per heavy atom. The van der Waals surface area contributed by atoms with E-state index in [0.717, 1.165) is 5.52 Å². The SMILES string of the molecule is COc1ccc(C(=O)N2CCN(C(=O)Cn3ccc4cc([N+](=O)[O-])ccc43)CC2)cc1OC. The second-order valence-corrected chi connectivity index (χ2v) is 7.69. The summed E-state index contributed by atoms with van der Waals surface area (Å²) in [6.45, 7) is 1.85. The van der Waals surface area contributed by atoms with Crippen LogP contribution in [0.2, 0.25) is 0 Å². The number of carbonyl (C=O) groups is 2. The third-order valence-corrected chi connectivity index (χ3v) is 5.82. The number of ether oxygens (including phenoxy) is 2. The Bertz CT molecular complexity index is 1210. The maximum atomic E-state index is 12.9. The number of aromatic nitrogens is 1. The topological polar surface area (TPSA) is 107 Å². The Hall–Kier alpha value is -4.08. The van der Waals surface area contributed by atoms with Crippen LogP contribution in [0.4, 0.5) is 5.69 Å². The molecule has 1 fully saturated rings. The lowest BCUT2D eigenvalue weighted by molar-refractivity contribution is -0.384. The standard InChI is InChI=1S/C23H24N4O6/c1-32-20-6-3-17(14-21(20)33-2)23(29)25-11-9-24(10-12-25)22(28)15-26-8-7-16-13-18(27(30)31)4-5-19(16)26/h3-8,13-14H,9-12,15H2,1-2H3. The number of nitrogens with zero attached hydrogens (tertiary/aromatic N) is 4. The van der Waals surface area contributed by atoms with Crippen LogP contribution in [0.1, 0.15) is 10.4 Å². The molecule has 0 saturated carbocycles. The second-order valence-electron chi connectivity index (χ2n) is 7.69. The van der Waals surface area contributed by atoms with Gasteiger partial charge in [0.25, 0.3) is 11.6 Å². The Morgan fingerprint density at radius 3 is 2.30 bits per heavy atom. The van der Waals surface area contributed by atoms with E-state index in [-0.39, 0.29) is 24.0 Å².